The highest BCUT2D eigenvalue weighted by Crippen LogP contribution is 2.30. The lowest BCUT2D eigenvalue weighted by atomic mass is 10.0. The molecule has 4 amide bonds. The number of benzene rings is 1. The lowest BCUT2D eigenvalue weighted by Gasteiger charge is -2.29. The van der Waals surface area contributed by atoms with E-state index in [1.54, 1.807) is 24.4 Å². The average molecular weight is 417 g/mol. The summed E-state index contributed by atoms with van der Waals surface area (Å²) in [6, 6.07) is 8.11. The molecule has 2 aromatic heterocycles. The Morgan fingerprint density at radius 1 is 1.23 bits per heavy atom. The van der Waals surface area contributed by atoms with Gasteiger partial charge in [0.15, 0.2) is 0 Å². The number of carbonyl (C=O) groups is 4. The summed E-state index contributed by atoms with van der Waals surface area (Å²) >= 11 is 0. The molecule has 2 aliphatic heterocycles. The molecule has 0 bridgehead atoms. The number of pyridine rings is 1. The monoisotopic (exact) mass is 417 g/mol. The maximum Gasteiger partial charge on any atom is 0.272 e. The number of piperidine rings is 1. The zero-order valence-electron chi connectivity index (χ0n) is 16.7. The number of H-pyrrole nitrogens is 1. The summed E-state index contributed by atoms with van der Waals surface area (Å²) in [6.07, 6.45) is 2.17. The van der Waals surface area contributed by atoms with Crippen LogP contribution in [0.25, 0.3) is 11.0 Å². The van der Waals surface area contributed by atoms with Crippen molar-refractivity contribution in [3.63, 3.8) is 0 Å². The van der Waals surface area contributed by atoms with Crippen LogP contribution in [0.3, 0.4) is 0 Å². The van der Waals surface area contributed by atoms with Crippen LogP contribution in [0.5, 0.6) is 0 Å². The molecule has 1 aromatic carbocycles. The van der Waals surface area contributed by atoms with E-state index < -0.39 is 11.9 Å². The molecule has 5 rings (SSSR count). The number of nitrogens with zero attached hydrogens (tertiary/aromatic N) is 2. The minimum Gasteiger partial charge on any atom is -0.335 e. The molecular formula is C22H19N5O4. The molecule has 3 N–H and O–H groups in total. The number of aromatic nitrogens is 2. The number of imide groups is 1. The van der Waals surface area contributed by atoms with E-state index in [4.69, 9.17) is 0 Å². The molecule has 0 radical (unpaired) electrons. The lowest BCUT2D eigenvalue weighted by molar-refractivity contribution is -0.136. The molecule has 2 aliphatic rings. The fourth-order valence-corrected chi connectivity index (χ4v) is 4.23. The van der Waals surface area contributed by atoms with Crippen LogP contribution in [0.1, 0.15) is 44.8 Å². The van der Waals surface area contributed by atoms with Crippen molar-refractivity contribution in [2.45, 2.75) is 32.4 Å². The summed E-state index contributed by atoms with van der Waals surface area (Å²) in [4.78, 5) is 57.9. The highest BCUT2D eigenvalue weighted by Gasteiger charge is 2.39. The zero-order valence-corrected chi connectivity index (χ0v) is 16.7. The topological polar surface area (TPSA) is 124 Å². The normalized spacial score (nSPS) is 18.3. The fourth-order valence-electron chi connectivity index (χ4n) is 4.23. The highest BCUT2D eigenvalue weighted by molar-refractivity contribution is 6.08. The molecule has 9 heteroatoms. The van der Waals surface area contributed by atoms with Crippen LogP contribution in [0.2, 0.25) is 0 Å². The van der Waals surface area contributed by atoms with Gasteiger partial charge in [0.05, 0.1) is 0 Å². The predicted octanol–water partition coefficient (Wildman–Crippen LogP) is 1.88. The molecule has 0 spiro atoms. The second-order valence-corrected chi connectivity index (χ2v) is 7.75. The van der Waals surface area contributed by atoms with Crippen LogP contribution in [0.15, 0.2) is 36.5 Å². The van der Waals surface area contributed by atoms with Gasteiger partial charge in [0, 0.05) is 35.8 Å². The van der Waals surface area contributed by atoms with Gasteiger partial charge in [-0.15, -0.1) is 0 Å². The first-order chi connectivity index (χ1) is 14.9. The largest absolute Gasteiger partial charge is 0.335 e. The Labute approximate surface area is 176 Å². The maximum atomic E-state index is 12.8. The van der Waals surface area contributed by atoms with Gasteiger partial charge in [0.25, 0.3) is 11.8 Å². The molecule has 1 unspecified atom stereocenters. The zero-order chi connectivity index (χ0) is 21.7. The van der Waals surface area contributed by atoms with Crippen LogP contribution in [0.4, 0.5) is 5.69 Å². The first-order valence-electron chi connectivity index (χ1n) is 9.94. The van der Waals surface area contributed by atoms with Crippen LogP contribution >= 0.6 is 0 Å². The number of aryl methyl sites for hydroxylation is 1. The fraction of sp³-hybridized carbons (Fsp3) is 0.227. The van der Waals surface area contributed by atoms with E-state index in [0.29, 0.717) is 29.0 Å². The van der Waals surface area contributed by atoms with E-state index >= 15 is 0 Å². The predicted molar refractivity (Wildman–Crippen MR) is 111 cm³/mol. The van der Waals surface area contributed by atoms with Gasteiger partial charge in [0.1, 0.15) is 17.4 Å². The molecule has 3 aromatic rings. The smallest absolute Gasteiger partial charge is 0.272 e. The minimum absolute atomic E-state index is 0.205. The van der Waals surface area contributed by atoms with Crippen molar-refractivity contribution in [3.05, 3.63) is 58.9 Å². The van der Waals surface area contributed by atoms with Gasteiger partial charge >= 0.3 is 0 Å². The second-order valence-electron chi connectivity index (χ2n) is 7.75. The number of fused-ring (bicyclic) bond motifs is 2. The summed E-state index contributed by atoms with van der Waals surface area (Å²) in [5, 5.41) is 6.03. The molecular weight excluding hydrogens is 398 g/mol. The van der Waals surface area contributed by atoms with Crippen LogP contribution in [-0.4, -0.2) is 44.5 Å². The van der Waals surface area contributed by atoms with Crippen LogP contribution in [-0.2, 0) is 16.1 Å². The molecule has 156 valence electrons. The quantitative estimate of drug-likeness (QED) is 0.562. The molecule has 1 atom stereocenters. The first kappa shape index (κ1) is 19.0. The molecule has 0 saturated carbocycles. The summed E-state index contributed by atoms with van der Waals surface area (Å²) in [6.45, 7) is 2.11. The SMILES string of the molecule is Cc1c(C(=O)Nc2ccc3c(c2)CN(C2CCC(=O)NC2=O)C3=O)[nH]c2ncccc12. The molecule has 1 saturated heterocycles. The summed E-state index contributed by atoms with van der Waals surface area (Å²) in [5.41, 5.74) is 3.64. The van der Waals surface area contributed by atoms with Crippen molar-refractivity contribution in [2.75, 3.05) is 5.32 Å². The van der Waals surface area contributed by atoms with E-state index in [0.717, 1.165) is 16.5 Å². The lowest BCUT2D eigenvalue weighted by Crippen LogP contribution is -2.52. The number of aromatic amines is 1. The number of hydrogen-bond acceptors (Lipinski definition) is 5. The van der Waals surface area contributed by atoms with Crippen molar-refractivity contribution in [1.29, 1.82) is 0 Å². The van der Waals surface area contributed by atoms with Gasteiger partial charge in [-0.25, -0.2) is 4.98 Å². The van der Waals surface area contributed by atoms with Crippen molar-refractivity contribution in [3.8, 4) is 0 Å². The Kier molecular flexibility index (Phi) is 4.32. The van der Waals surface area contributed by atoms with Gasteiger partial charge in [-0.3, -0.25) is 24.5 Å². The summed E-state index contributed by atoms with van der Waals surface area (Å²) in [5.74, 6) is -1.33. The van der Waals surface area contributed by atoms with E-state index in [-0.39, 0.29) is 30.7 Å². The van der Waals surface area contributed by atoms with Crippen molar-refractivity contribution >= 4 is 40.3 Å². The van der Waals surface area contributed by atoms with Gasteiger partial charge in [-0.05, 0) is 54.8 Å². The standard InChI is InChI=1S/C22H19N5O4/c1-11-14-3-2-8-23-19(14)26-18(11)21(30)24-13-4-5-15-12(9-13)10-27(22(15)31)16-6-7-17(28)25-20(16)29/h2-5,8-9,16H,6-7,10H2,1H3,(H,23,26)(H,24,30)(H,25,28,29). The molecule has 0 aliphatic carbocycles. The number of carbonyl (C=O) groups excluding carboxylic acids is 4. The van der Waals surface area contributed by atoms with Crippen molar-refractivity contribution in [1.82, 2.24) is 20.2 Å². The van der Waals surface area contributed by atoms with E-state index in [2.05, 4.69) is 20.6 Å². The third-order valence-corrected chi connectivity index (χ3v) is 5.84. The van der Waals surface area contributed by atoms with Crippen LogP contribution in [0, 0.1) is 6.92 Å². The Bertz CT molecular complexity index is 1280. The Morgan fingerprint density at radius 2 is 2.06 bits per heavy atom. The minimum atomic E-state index is -0.669. The summed E-state index contributed by atoms with van der Waals surface area (Å²) in [7, 11) is 0. The summed E-state index contributed by atoms with van der Waals surface area (Å²) < 4.78 is 0. The van der Waals surface area contributed by atoms with Crippen LogP contribution < -0.4 is 10.6 Å². The molecule has 9 nitrogen and oxygen atoms in total. The molecule has 4 heterocycles. The van der Waals surface area contributed by atoms with E-state index in [9.17, 15) is 19.2 Å². The van der Waals surface area contributed by atoms with Gasteiger partial charge < -0.3 is 15.2 Å². The third kappa shape index (κ3) is 3.14. The van der Waals surface area contributed by atoms with Gasteiger partial charge in [-0.2, -0.15) is 0 Å². The Morgan fingerprint density at radius 3 is 2.84 bits per heavy atom. The number of anilines is 1. The molecule has 1 fully saturated rings. The Hall–Kier alpha value is -4.01. The van der Waals surface area contributed by atoms with Crippen molar-refractivity contribution < 1.29 is 19.2 Å². The third-order valence-electron chi connectivity index (χ3n) is 5.84. The maximum absolute atomic E-state index is 12.8. The van der Waals surface area contributed by atoms with Crippen molar-refractivity contribution in [2.24, 2.45) is 0 Å². The number of hydrogen-bond donors (Lipinski definition) is 3. The van der Waals surface area contributed by atoms with E-state index in [1.807, 2.05) is 19.1 Å². The van der Waals surface area contributed by atoms with Gasteiger partial charge in [0.2, 0.25) is 11.8 Å². The second kappa shape index (κ2) is 7.05. The number of nitrogens with one attached hydrogen (secondary N) is 3. The number of amides is 4. The first-order valence-corrected chi connectivity index (χ1v) is 9.94. The van der Waals surface area contributed by atoms with Gasteiger partial charge in [-0.1, -0.05) is 0 Å². The average Bonchev–Trinajstić information content (AvgIpc) is 3.25. The highest BCUT2D eigenvalue weighted by atomic mass is 16.2. The molecule has 31 heavy (non-hydrogen) atoms. The Balaban J connectivity index is 1.36. The number of rotatable bonds is 3. The van der Waals surface area contributed by atoms with E-state index in [1.165, 1.54) is 4.90 Å².